The Balaban J connectivity index is 1.95. The number of hydrogen-bond acceptors (Lipinski definition) is 5. The van der Waals surface area contributed by atoms with Gasteiger partial charge in [-0.25, -0.2) is 0 Å². The number of aryl methyl sites for hydroxylation is 2. The summed E-state index contributed by atoms with van der Waals surface area (Å²) in [6.45, 7) is 3.51. The number of rotatable bonds is 2. The van der Waals surface area contributed by atoms with Crippen molar-refractivity contribution >= 4 is 22.9 Å². The molecular formula is C13H11N3O3. The lowest BCUT2D eigenvalue weighted by Crippen LogP contribution is -2.12. The lowest BCUT2D eigenvalue weighted by molar-refractivity contribution is 0.0994. The van der Waals surface area contributed by atoms with Crippen molar-refractivity contribution < 1.29 is 13.7 Å². The van der Waals surface area contributed by atoms with Crippen LogP contribution in [0, 0.1) is 13.8 Å². The minimum atomic E-state index is -0.405. The highest BCUT2D eigenvalue weighted by atomic mass is 16.5. The number of hydrogen-bond donors (Lipinski definition) is 1. The standard InChI is InChI=1S/C13H11N3O3/c1-7-9-5-3-4-6-10(9)18-11(7)12(17)15-13-14-8(2)16-19-13/h3-6H,1-2H3,(H,14,15,16,17). The Morgan fingerprint density at radius 3 is 2.74 bits per heavy atom. The third kappa shape index (κ3) is 1.97. The van der Waals surface area contributed by atoms with E-state index in [0.29, 0.717) is 11.4 Å². The Kier molecular flexibility index (Phi) is 2.56. The molecule has 0 unspecified atom stereocenters. The summed E-state index contributed by atoms with van der Waals surface area (Å²) in [5.74, 6) is 0.297. The number of aromatic nitrogens is 2. The van der Waals surface area contributed by atoms with Gasteiger partial charge in [-0.2, -0.15) is 4.98 Å². The third-order valence-corrected chi connectivity index (χ3v) is 2.80. The zero-order valence-corrected chi connectivity index (χ0v) is 10.4. The maximum absolute atomic E-state index is 12.1. The smallest absolute Gasteiger partial charge is 0.328 e. The SMILES string of the molecule is Cc1noc(NC(=O)c2oc3ccccc3c2C)n1. The fraction of sp³-hybridized carbons (Fsp3) is 0.154. The molecular weight excluding hydrogens is 246 g/mol. The molecule has 1 aromatic carbocycles. The van der Waals surface area contributed by atoms with E-state index in [0.717, 1.165) is 10.9 Å². The summed E-state index contributed by atoms with van der Waals surface area (Å²) in [4.78, 5) is 16.0. The predicted octanol–water partition coefficient (Wildman–Crippen LogP) is 2.68. The second kappa shape index (κ2) is 4.24. The first-order valence-corrected chi connectivity index (χ1v) is 5.75. The molecule has 1 N–H and O–H groups in total. The van der Waals surface area contributed by atoms with E-state index in [1.54, 1.807) is 6.92 Å². The first-order valence-electron chi connectivity index (χ1n) is 5.75. The van der Waals surface area contributed by atoms with Crippen molar-refractivity contribution in [2.75, 3.05) is 5.32 Å². The van der Waals surface area contributed by atoms with Crippen molar-refractivity contribution in [2.24, 2.45) is 0 Å². The van der Waals surface area contributed by atoms with Crippen LogP contribution in [0.25, 0.3) is 11.0 Å². The van der Waals surface area contributed by atoms with Gasteiger partial charge in [0, 0.05) is 10.9 Å². The quantitative estimate of drug-likeness (QED) is 0.763. The lowest BCUT2D eigenvalue weighted by atomic mass is 10.1. The van der Waals surface area contributed by atoms with E-state index in [2.05, 4.69) is 15.5 Å². The van der Waals surface area contributed by atoms with Crippen molar-refractivity contribution in [1.29, 1.82) is 0 Å². The first kappa shape index (κ1) is 11.5. The van der Waals surface area contributed by atoms with Gasteiger partial charge >= 0.3 is 6.01 Å². The Bertz CT molecular complexity index is 757. The minimum Gasteiger partial charge on any atom is -0.451 e. The van der Waals surface area contributed by atoms with Gasteiger partial charge in [-0.1, -0.05) is 23.4 Å². The largest absolute Gasteiger partial charge is 0.451 e. The molecule has 3 aromatic rings. The van der Waals surface area contributed by atoms with E-state index in [9.17, 15) is 4.79 Å². The monoisotopic (exact) mass is 257 g/mol. The molecule has 6 nitrogen and oxygen atoms in total. The normalized spacial score (nSPS) is 10.8. The Morgan fingerprint density at radius 2 is 2.05 bits per heavy atom. The number of nitrogens with one attached hydrogen (secondary N) is 1. The van der Waals surface area contributed by atoms with Crippen LogP contribution in [0.15, 0.2) is 33.2 Å². The van der Waals surface area contributed by atoms with Crippen molar-refractivity contribution in [2.45, 2.75) is 13.8 Å². The van der Waals surface area contributed by atoms with Gasteiger partial charge in [0.15, 0.2) is 11.6 Å². The summed E-state index contributed by atoms with van der Waals surface area (Å²) < 4.78 is 10.4. The highest BCUT2D eigenvalue weighted by Gasteiger charge is 2.19. The Hall–Kier alpha value is -2.63. The number of amides is 1. The summed E-state index contributed by atoms with van der Waals surface area (Å²) in [6, 6.07) is 7.53. The second-order valence-corrected chi connectivity index (χ2v) is 4.15. The predicted molar refractivity (Wildman–Crippen MR) is 67.9 cm³/mol. The van der Waals surface area contributed by atoms with Crippen LogP contribution in [0.1, 0.15) is 21.9 Å². The molecule has 0 aliphatic rings. The Morgan fingerprint density at radius 1 is 1.26 bits per heavy atom. The summed E-state index contributed by atoms with van der Waals surface area (Å²) in [5.41, 5.74) is 1.45. The number of fused-ring (bicyclic) bond motifs is 1. The van der Waals surface area contributed by atoms with E-state index in [1.165, 1.54) is 0 Å². The highest BCUT2D eigenvalue weighted by Crippen LogP contribution is 2.25. The van der Waals surface area contributed by atoms with E-state index < -0.39 is 5.91 Å². The van der Waals surface area contributed by atoms with Gasteiger partial charge in [-0.15, -0.1) is 0 Å². The number of nitrogens with zero attached hydrogens (tertiary/aromatic N) is 2. The highest BCUT2D eigenvalue weighted by molar-refractivity contribution is 6.05. The zero-order chi connectivity index (χ0) is 13.4. The lowest BCUT2D eigenvalue weighted by Gasteiger charge is -1.97. The summed E-state index contributed by atoms with van der Waals surface area (Å²) in [6.07, 6.45) is 0. The van der Waals surface area contributed by atoms with Crippen LogP contribution in [0.5, 0.6) is 0 Å². The summed E-state index contributed by atoms with van der Waals surface area (Å²) in [7, 11) is 0. The maximum Gasteiger partial charge on any atom is 0.328 e. The number of anilines is 1. The van der Waals surface area contributed by atoms with Gasteiger partial charge in [0.1, 0.15) is 5.58 Å². The molecule has 0 saturated heterocycles. The van der Waals surface area contributed by atoms with Crippen LogP contribution < -0.4 is 5.32 Å². The first-order chi connectivity index (χ1) is 9.15. The molecule has 96 valence electrons. The van der Waals surface area contributed by atoms with Crippen LogP contribution in [-0.4, -0.2) is 16.0 Å². The van der Waals surface area contributed by atoms with Crippen molar-refractivity contribution in [3.63, 3.8) is 0 Å². The molecule has 0 atom stereocenters. The van der Waals surface area contributed by atoms with Gasteiger partial charge in [-0.3, -0.25) is 10.1 Å². The molecule has 1 amide bonds. The fourth-order valence-corrected chi connectivity index (χ4v) is 1.89. The summed E-state index contributed by atoms with van der Waals surface area (Å²) in [5, 5.41) is 7.02. The van der Waals surface area contributed by atoms with Crippen LogP contribution in [-0.2, 0) is 0 Å². The molecule has 0 bridgehead atoms. The summed E-state index contributed by atoms with van der Waals surface area (Å²) >= 11 is 0. The molecule has 3 rings (SSSR count). The van der Waals surface area contributed by atoms with Crippen LogP contribution in [0.4, 0.5) is 6.01 Å². The number of carbonyl (C=O) groups excluding carboxylic acids is 1. The number of carbonyl (C=O) groups is 1. The maximum atomic E-state index is 12.1. The zero-order valence-electron chi connectivity index (χ0n) is 10.4. The minimum absolute atomic E-state index is 0.0577. The molecule has 0 aliphatic carbocycles. The molecule has 0 saturated carbocycles. The number of para-hydroxylation sites is 1. The Labute approximate surface area is 108 Å². The molecule has 0 aliphatic heterocycles. The second-order valence-electron chi connectivity index (χ2n) is 4.15. The van der Waals surface area contributed by atoms with E-state index >= 15 is 0 Å². The molecule has 0 radical (unpaired) electrons. The van der Waals surface area contributed by atoms with Gasteiger partial charge in [0.05, 0.1) is 0 Å². The van der Waals surface area contributed by atoms with Gasteiger partial charge in [0.25, 0.3) is 5.91 Å². The molecule has 6 heteroatoms. The number of benzene rings is 1. The van der Waals surface area contributed by atoms with Gasteiger partial charge in [-0.05, 0) is 19.9 Å². The fourth-order valence-electron chi connectivity index (χ4n) is 1.89. The van der Waals surface area contributed by atoms with Crippen molar-refractivity contribution in [3.05, 3.63) is 41.4 Å². The molecule has 2 heterocycles. The van der Waals surface area contributed by atoms with E-state index in [-0.39, 0.29) is 11.8 Å². The average Bonchev–Trinajstić information content (AvgIpc) is 2.94. The van der Waals surface area contributed by atoms with E-state index in [4.69, 9.17) is 8.94 Å². The van der Waals surface area contributed by atoms with Crippen LogP contribution >= 0.6 is 0 Å². The van der Waals surface area contributed by atoms with Gasteiger partial charge in [0.2, 0.25) is 0 Å². The topological polar surface area (TPSA) is 81.2 Å². The third-order valence-electron chi connectivity index (χ3n) is 2.80. The van der Waals surface area contributed by atoms with Crippen LogP contribution in [0.2, 0.25) is 0 Å². The van der Waals surface area contributed by atoms with Crippen molar-refractivity contribution in [3.8, 4) is 0 Å². The van der Waals surface area contributed by atoms with Crippen LogP contribution in [0.3, 0.4) is 0 Å². The average molecular weight is 257 g/mol. The molecule has 2 aromatic heterocycles. The van der Waals surface area contributed by atoms with Crippen molar-refractivity contribution in [1.82, 2.24) is 10.1 Å². The van der Waals surface area contributed by atoms with E-state index in [1.807, 2.05) is 31.2 Å². The van der Waals surface area contributed by atoms with Gasteiger partial charge < -0.3 is 8.94 Å². The molecule has 0 fully saturated rings. The molecule has 0 spiro atoms. The molecule has 19 heavy (non-hydrogen) atoms. The number of furan rings is 1.